The van der Waals surface area contributed by atoms with Crippen molar-refractivity contribution in [3.05, 3.63) is 65.1 Å². The predicted molar refractivity (Wildman–Crippen MR) is 116 cm³/mol. The molecular weight excluding hydrogens is 438 g/mol. The maximum absolute atomic E-state index is 14.7. The van der Waals surface area contributed by atoms with E-state index in [-0.39, 0.29) is 42.1 Å². The molecule has 0 saturated carbocycles. The Kier molecular flexibility index (Phi) is 8.15. The number of anilines is 1. The first kappa shape index (κ1) is 23.3. The molecule has 6 nitrogen and oxygen atoms in total. The van der Waals surface area contributed by atoms with Crippen LogP contribution in [-0.2, 0) is 25.8 Å². The molecule has 4 rings (SSSR count). The van der Waals surface area contributed by atoms with E-state index in [0.717, 1.165) is 17.3 Å². The van der Waals surface area contributed by atoms with Crippen LogP contribution in [0.4, 0.5) is 10.1 Å². The Labute approximate surface area is 184 Å². The Balaban J connectivity index is 0.00000150. The largest absolute Gasteiger partial charge is 0.455 e. The van der Waals surface area contributed by atoms with Crippen LogP contribution in [0.25, 0.3) is 0 Å². The molecule has 0 bridgehead atoms. The van der Waals surface area contributed by atoms with Crippen molar-refractivity contribution in [3.63, 3.8) is 0 Å². The summed E-state index contributed by atoms with van der Waals surface area (Å²) in [6.45, 7) is 1.38. The molecule has 0 atom stereocenters. The van der Waals surface area contributed by atoms with Crippen molar-refractivity contribution in [2.24, 2.45) is 7.05 Å². The van der Waals surface area contributed by atoms with Crippen LogP contribution in [0.5, 0.6) is 0 Å². The zero-order chi connectivity index (χ0) is 18.8. The summed E-state index contributed by atoms with van der Waals surface area (Å²) in [5, 5.41) is 6.69. The molecule has 10 heteroatoms. The second-order valence-electron chi connectivity index (χ2n) is 6.32. The summed E-state index contributed by atoms with van der Waals surface area (Å²) in [6.07, 6.45) is 4.21. The molecule has 1 aromatic carbocycles. The van der Waals surface area contributed by atoms with E-state index < -0.39 is 5.91 Å². The standard InChI is InChI=1S/C19H19FN4O2S.2ClH/c1-24-9-8-22-19(24)27-11-13-3-5-16(26-13)18(25)23-15-4-2-12-10-21-7-6-14(12)17(15)20;;/h2-5,8-9,21H,6-7,10-11H2,1H3,(H,23,25);2*1H. The number of nitrogens with zero attached hydrogens (tertiary/aromatic N) is 2. The van der Waals surface area contributed by atoms with Crippen molar-refractivity contribution in [2.75, 3.05) is 11.9 Å². The van der Waals surface area contributed by atoms with Gasteiger partial charge in [-0.3, -0.25) is 4.79 Å². The molecule has 3 heterocycles. The minimum atomic E-state index is -0.462. The number of amides is 1. The summed E-state index contributed by atoms with van der Waals surface area (Å²) in [5.74, 6) is 0.545. The first-order valence-electron chi connectivity index (χ1n) is 8.63. The Hall–Kier alpha value is -2.00. The first-order chi connectivity index (χ1) is 13.1. The van der Waals surface area contributed by atoms with Crippen LogP contribution in [0.1, 0.15) is 27.4 Å². The number of fused-ring (bicyclic) bond motifs is 1. The van der Waals surface area contributed by atoms with Gasteiger partial charge in [0.15, 0.2) is 10.9 Å². The minimum absolute atomic E-state index is 0. The van der Waals surface area contributed by atoms with Crippen LogP contribution < -0.4 is 10.6 Å². The highest BCUT2D eigenvalue weighted by Crippen LogP contribution is 2.26. The monoisotopic (exact) mass is 458 g/mol. The van der Waals surface area contributed by atoms with Gasteiger partial charge in [0.25, 0.3) is 5.91 Å². The lowest BCUT2D eigenvalue weighted by Gasteiger charge is -2.19. The molecule has 2 aromatic heterocycles. The lowest BCUT2D eigenvalue weighted by atomic mass is 9.99. The molecule has 0 spiro atoms. The van der Waals surface area contributed by atoms with Crippen molar-refractivity contribution in [2.45, 2.75) is 23.9 Å². The number of hydrogen-bond acceptors (Lipinski definition) is 5. The number of benzene rings is 1. The topological polar surface area (TPSA) is 72.1 Å². The smallest absolute Gasteiger partial charge is 0.291 e. The molecule has 0 aliphatic carbocycles. The van der Waals surface area contributed by atoms with Crippen LogP contribution in [0.15, 0.2) is 46.2 Å². The van der Waals surface area contributed by atoms with Crippen molar-refractivity contribution >= 4 is 48.2 Å². The zero-order valence-electron chi connectivity index (χ0n) is 15.6. The fraction of sp³-hybridized carbons (Fsp3) is 0.263. The number of imidazole rings is 1. The molecule has 1 aliphatic heterocycles. The molecule has 0 fully saturated rings. The van der Waals surface area contributed by atoms with E-state index in [9.17, 15) is 9.18 Å². The summed E-state index contributed by atoms with van der Waals surface area (Å²) in [5.41, 5.74) is 1.78. The van der Waals surface area contributed by atoms with Gasteiger partial charge in [-0.25, -0.2) is 9.37 Å². The van der Waals surface area contributed by atoms with Gasteiger partial charge in [0.1, 0.15) is 11.6 Å². The van der Waals surface area contributed by atoms with Crippen molar-refractivity contribution in [3.8, 4) is 0 Å². The highest BCUT2D eigenvalue weighted by atomic mass is 35.5. The van der Waals surface area contributed by atoms with Gasteiger partial charge < -0.3 is 19.6 Å². The van der Waals surface area contributed by atoms with Gasteiger partial charge in [-0.2, -0.15) is 0 Å². The van der Waals surface area contributed by atoms with Crippen LogP contribution in [-0.4, -0.2) is 22.0 Å². The van der Waals surface area contributed by atoms with E-state index in [4.69, 9.17) is 4.42 Å². The molecule has 156 valence electrons. The van der Waals surface area contributed by atoms with Gasteiger partial charge in [0.2, 0.25) is 0 Å². The van der Waals surface area contributed by atoms with E-state index in [1.165, 1.54) is 11.8 Å². The Morgan fingerprint density at radius 1 is 1.34 bits per heavy atom. The predicted octanol–water partition coefficient (Wildman–Crippen LogP) is 4.19. The number of thioether (sulfide) groups is 1. The van der Waals surface area contributed by atoms with Crippen LogP contribution in [0, 0.1) is 5.82 Å². The average molecular weight is 459 g/mol. The molecule has 1 amide bonds. The lowest BCUT2D eigenvalue weighted by molar-refractivity contribution is 0.0995. The lowest BCUT2D eigenvalue weighted by Crippen LogP contribution is -2.25. The molecule has 3 aromatic rings. The normalized spacial score (nSPS) is 12.5. The highest BCUT2D eigenvalue weighted by Gasteiger charge is 2.19. The minimum Gasteiger partial charge on any atom is -0.455 e. The Morgan fingerprint density at radius 2 is 2.17 bits per heavy atom. The highest BCUT2D eigenvalue weighted by molar-refractivity contribution is 7.98. The van der Waals surface area contributed by atoms with E-state index in [0.29, 0.717) is 30.0 Å². The Bertz CT molecular complexity index is 993. The second-order valence-corrected chi connectivity index (χ2v) is 7.26. The van der Waals surface area contributed by atoms with Gasteiger partial charge in [-0.05, 0) is 42.3 Å². The summed E-state index contributed by atoms with van der Waals surface area (Å²) in [7, 11) is 1.92. The third kappa shape index (κ3) is 5.14. The maximum atomic E-state index is 14.7. The number of carbonyl (C=O) groups excluding carboxylic acids is 1. The summed E-state index contributed by atoms with van der Waals surface area (Å²) < 4.78 is 22.2. The van der Waals surface area contributed by atoms with Crippen LogP contribution in [0.3, 0.4) is 0 Å². The van der Waals surface area contributed by atoms with Crippen LogP contribution in [0.2, 0.25) is 0 Å². The molecule has 1 aliphatic rings. The molecule has 29 heavy (non-hydrogen) atoms. The summed E-state index contributed by atoms with van der Waals surface area (Å²) in [6, 6.07) is 6.79. The van der Waals surface area contributed by atoms with Gasteiger partial charge in [0.05, 0.1) is 11.4 Å². The molecule has 0 radical (unpaired) electrons. The van der Waals surface area contributed by atoms with E-state index >= 15 is 0 Å². The SMILES string of the molecule is Cl.Cl.Cn1ccnc1SCc1ccc(C(=O)Nc2ccc3c(c2F)CCNC3)o1. The quantitative estimate of drug-likeness (QED) is 0.560. The van der Waals surface area contributed by atoms with Gasteiger partial charge in [-0.15, -0.1) is 24.8 Å². The van der Waals surface area contributed by atoms with Crippen molar-refractivity contribution in [1.29, 1.82) is 0 Å². The number of carbonyl (C=O) groups is 1. The molecule has 0 unspecified atom stereocenters. The third-order valence-electron chi connectivity index (χ3n) is 4.46. The Morgan fingerprint density at radius 3 is 2.93 bits per heavy atom. The van der Waals surface area contributed by atoms with Gasteiger partial charge >= 0.3 is 0 Å². The number of rotatable bonds is 5. The third-order valence-corrected chi connectivity index (χ3v) is 5.54. The first-order valence-corrected chi connectivity index (χ1v) is 9.61. The second kappa shape index (κ2) is 10.2. The van der Waals surface area contributed by atoms with E-state index in [1.54, 1.807) is 24.4 Å². The van der Waals surface area contributed by atoms with E-state index in [1.807, 2.05) is 23.9 Å². The van der Waals surface area contributed by atoms with Crippen molar-refractivity contribution < 1.29 is 13.6 Å². The van der Waals surface area contributed by atoms with E-state index in [2.05, 4.69) is 15.6 Å². The van der Waals surface area contributed by atoms with Gasteiger partial charge in [-0.1, -0.05) is 17.8 Å². The summed E-state index contributed by atoms with van der Waals surface area (Å²) in [4.78, 5) is 16.7. The summed E-state index contributed by atoms with van der Waals surface area (Å²) >= 11 is 1.51. The maximum Gasteiger partial charge on any atom is 0.291 e. The number of aryl methyl sites for hydroxylation is 1. The zero-order valence-corrected chi connectivity index (χ0v) is 18.1. The average Bonchev–Trinajstić information content (AvgIpc) is 3.31. The molecule has 0 saturated heterocycles. The van der Waals surface area contributed by atoms with Crippen LogP contribution >= 0.6 is 36.6 Å². The number of aromatic nitrogens is 2. The number of halogens is 3. The van der Waals surface area contributed by atoms with Gasteiger partial charge in [0, 0.05) is 26.0 Å². The number of nitrogens with one attached hydrogen (secondary N) is 2. The molecular formula is C19H21Cl2FN4O2S. The fourth-order valence-corrected chi connectivity index (χ4v) is 3.84. The number of hydrogen-bond donors (Lipinski definition) is 2. The number of furan rings is 1. The molecule has 2 N–H and O–H groups in total. The fourth-order valence-electron chi connectivity index (χ4n) is 3.02. The van der Waals surface area contributed by atoms with Crippen molar-refractivity contribution in [1.82, 2.24) is 14.9 Å².